The second-order valence-corrected chi connectivity index (χ2v) is 7.68. The number of aliphatic imine (C=N–C) groups is 1. The van der Waals surface area contributed by atoms with Gasteiger partial charge in [-0.25, -0.2) is 9.36 Å². The van der Waals surface area contributed by atoms with Crippen molar-refractivity contribution < 1.29 is 14.7 Å². The zero-order valence-corrected chi connectivity index (χ0v) is 17.1. The van der Waals surface area contributed by atoms with Crippen molar-refractivity contribution in [3.8, 4) is 11.6 Å². The van der Waals surface area contributed by atoms with Crippen molar-refractivity contribution in [2.75, 3.05) is 0 Å². The fourth-order valence-electron chi connectivity index (χ4n) is 4.17. The molecule has 0 saturated carbocycles. The Hall–Kier alpha value is -4.59. The van der Waals surface area contributed by atoms with Gasteiger partial charge in [-0.3, -0.25) is 24.4 Å². The molecule has 3 aromatic rings. The number of hydrogen-bond donors (Lipinski definition) is 2. The Kier molecular flexibility index (Phi) is 4.82. The summed E-state index contributed by atoms with van der Waals surface area (Å²) in [6, 6.07) is 13.1. The molecule has 2 aromatic carbocycles. The van der Waals surface area contributed by atoms with Crippen LogP contribution in [-0.4, -0.2) is 32.4 Å². The molecule has 0 bridgehead atoms. The molecule has 8 heteroatoms. The lowest BCUT2D eigenvalue weighted by molar-refractivity contribution is 0.0802. The Morgan fingerprint density at radius 1 is 0.879 bits per heavy atom. The molecule has 0 aliphatic heterocycles. The maximum Gasteiger partial charge on any atom is 0.335 e. The second kappa shape index (κ2) is 7.83. The van der Waals surface area contributed by atoms with Crippen LogP contribution in [0.3, 0.4) is 0 Å². The van der Waals surface area contributed by atoms with Gasteiger partial charge in [0.1, 0.15) is 5.56 Å². The van der Waals surface area contributed by atoms with E-state index < -0.39 is 29.0 Å². The summed E-state index contributed by atoms with van der Waals surface area (Å²) in [5.41, 5.74) is -0.905. The molecule has 2 aliphatic rings. The Bertz CT molecular complexity index is 1510. The van der Waals surface area contributed by atoms with Gasteiger partial charge in [0.15, 0.2) is 11.6 Å². The Morgan fingerprint density at radius 3 is 2.30 bits per heavy atom. The third kappa shape index (κ3) is 3.28. The Balaban J connectivity index is 1.62. The number of allylic oxidation sites excluding steroid dienone is 4. The average molecular weight is 439 g/mol. The van der Waals surface area contributed by atoms with Crippen LogP contribution in [0.25, 0.3) is 5.69 Å². The van der Waals surface area contributed by atoms with Gasteiger partial charge in [0.25, 0.3) is 5.56 Å². The molecule has 8 nitrogen and oxygen atoms in total. The van der Waals surface area contributed by atoms with Crippen molar-refractivity contribution >= 4 is 23.5 Å². The lowest BCUT2D eigenvalue weighted by Crippen LogP contribution is -2.35. The van der Waals surface area contributed by atoms with Gasteiger partial charge in [0.2, 0.25) is 5.88 Å². The van der Waals surface area contributed by atoms with Gasteiger partial charge in [-0.15, -0.1) is 0 Å². The van der Waals surface area contributed by atoms with Crippen molar-refractivity contribution in [2.24, 2.45) is 16.8 Å². The van der Waals surface area contributed by atoms with Crippen LogP contribution in [0.5, 0.6) is 5.88 Å². The highest BCUT2D eigenvalue weighted by Gasteiger charge is 2.40. The van der Waals surface area contributed by atoms with Crippen LogP contribution in [0.4, 0.5) is 5.69 Å². The number of hydrogen-bond acceptors (Lipinski definition) is 6. The molecular weight excluding hydrogens is 422 g/mol. The maximum absolute atomic E-state index is 13.2. The van der Waals surface area contributed by atoms with Crippen LogP contribution >= 0.6 is 0 Å². The summed E-state index contributed by atoms with van der Waals surface area (Å²) in [4.78, 5) is 57.2. The second-order valence-electron chi connectivity index (χ2n) is 7.68. The number of carbonyl (C=O) groups is 2. The number of para-hydroxylation sites is 1. The highest BCUT2D eigenvalue weighted by Crippen LogP contribution is 2.38. The number of fused-ring (bicyclic) bond motifs is 2. The van der Waals surface area contributed by atoms with Gasteiger partial charge in [0, 0.05) is 11.8 Å². The summed E-state index contributed by atoms with van der Waals surface area (Å²) >= 11 is 0. The highest BCUT2D eigenvalue weighted by atomic mass is 16.3. The zero-order valence-electron chi connectivity index (χ0n) is 17.1. The number of nitrogens with zero attached hydrogens (tertiary/aromatic N) is 2. The molecule has 0 fully saturated rings. The summed E-state index contributed by atoms with van der Waals surface area (Å²) in [5.74, 6) is -2.16. The Labute approximate surface area is 186 Å². The fraction of sp³-hybridized carbons (Fsp3) is 0.0800. The fourth-order valence-corrected chi connectivity index (χ4v) is 4.17. The van der Waals surface area contributed by atoms with E-state index in [1.807, 2.05) is 0 Å². The monoisotopic (exact) mass is 439 g/mol. The molecule has 5 rings (SSSR count). The first-order valence-corrected chi connectivity index (χ1v) is 10.2. The molecule has 1 aromatic heterocycles. The van der Waals surface area contributed by atoms with E-state index >= 15 is 0 Å². The summed E-state index contributed by atoms with van der Waals surface area (Å²) in [6.45, 7) is 0. The third-order valence-corrected chi connectivity index (χ3v) is 5.76. The van der Waals surface area contributed by atoms with E-state index in [0.717, 1.165) is 10.8 Å². The number of aromatic nitrogens is 2. The molecule has 0 radical (unpaired) electrons. The summed E-state index contributed by atoms with van der Waals surface area (Å²) in [5, 5.41) is 10.7. The van der Waals surface area contributed by atoms with Crippen LogP contribution in [0.15, 0.2) is 87.4 Å². The minimum Gasteiger partial charge on any atom is -0.493 e. The van der Waals surface area contributed by atoms with Gasteiger partial charge < -0.3 is 5.11 Å². The summed E-state index contributed by atoms with van der Waals surface area (Å²) in [7, 11) is 0. The first-order chi connectivity index (χ1) is 16.0. The minimum absolute atomic E-state index is 0.173. The van der Waals surface area contributed by atoms with Gasteiger partial charge in [-0.1, -0.05) is 54.6 Å². The van der Waals surface area contributed by atoms with Crippen LogP contribution in [0.2, 0.25) is 0 Å². The molecular formula is C25H17N3O5. The molecule has 162 valence electrons. The molecule has 33 heavy (non-hydrogen) atoms. The van der Waals surface area contributed by atoms with Gasteiger partial charge in [0.05, 0.1) is 28.8 Å². The van der Waals surface area contributed by atoms with Crippen LogP contribution in [0.1, 0.15) is 26.3 Å². The normalized spacial score (nSPS) is 19.0. The molecule has 0 unspecified atom stereocenters. The number of nitrogens with one attached hydrogen (secondary N) is 1. The van der Waals surface area contributed by atoms with E-state index in [-0.39, 0.29) is 33.9 Å². The number of aromatic amines is 1. The predicted molar refractivity (Wildman–Crippen MR) is 122 cm³/mol. The van der Waals surface area contributed by atoms with Gasteiger partial charge in [-0.05, 0) is 18.2 Å². The van der Waals surface area contributed by atoms with E-state index in [0.29, 0.717) is 5.69 Å². The standard InChI is InChI=1S/C25H17N3O5/c29-21-15-9-4-5-10-16(15)22(30)20-17(21)11-6-12-19(20)26-13-18-23(31)27-25(33)28(24(18)32)14-7-2-1-3-8-14/h1-13,15-16,32H,(H,27,31,33)/t15-,16+/m1/s1. The van der Waals surface area contributed by atoms with Crippen molar-refractivity contribution in [1.82, 2.24) is 9.55 Å². The highest BCUT2D eigenvalue weighted by molar-refractivity contribution is 6.19. The van der Waals surface area contributed by atoms with Crippen molar-refractivity contribution in [1.29, 1.82) is 0 Å². The first kappa shape index (κ1) is 20.3. The number of Topliss-reactive ketones (excluding diaryl/α,β-unsaturated/α-hetero) is 2. The predicted octanol–water partition coefficient (Wildman–Crippen LogP) is 2.72. The molecule has 0 saturated heterocycles. The SMILES string of the molecule is O=C1c2c(N=Cc3c(O)n(-c4ccccc4)c(=O)[nH]c3=O)cccc2C(=O)[C@@H]2C=CC=C[C@H]12. The third-order valence-electron chi connectivity index (χ3n) is 5.76. The largest absolute Gasteiger partial charge is 0.493 e. The lowest BCUT2D eigenvalue weighted by Gasteiger charge is -2.28. The van der Waals surface area contributed by atoms with Gasteiger partial charge in [-0.2, -0.15) is 0 Å². The smallest absolute Gasteiger partial charge is 0.335 e. The van der Waals surface area contributed by atoms with Crippen molar-refractivity contribution in [3.05, 3.63) is 110 Å². The number of carbonyl (C=O) groups excluding carboxylic acids is 2. The van der Waals surface area contributed by atoms with E-state index in [2.05, 4.69) is 9.98 Å². The quantitative estimate of drug-likeness (QED) is 0.608. The first-order valence-electron chi connectivity index (χ1n) is 10.2. The molecule has 1 heterocycles. The summed E-state index contributed by atoms with van der Waals surface area (Å²) < 4.78 is 0.946. The number of ketones is 2. The number of aromatic hydroxyl groups is 1. The van der Waals surface area contributed by atoms with Crippen molar-refractivity contribution in [2.45, 2.75) is 0 Å². The van der Waals surface area contributed by atoms with E-state index in [1.54, 1.807) is 72.8 Å². The van der Waals surface area contributed by atoms with Crippen LogP contribution in [-0.2, 0) is 0 Å². The zero-order chi connectivity index (χ0) is 23.1. The molecule has 0 amide bonds. The molecule has 2 atom stereocenters. The van der Waals surface area contributed by atoms with E-state index in [1.165, 1.54) is 0 Å². The van der Waals surface area contributed by atoms with E-state index in [9.17, 15) is 24.3 Å². The van der Waals surface area contributed by atoms with Gasteiger partial charge >= 0.3 is 5.69 Å². The maximum atomic E-state index is 13.2. The van der Waals surface area contributed by atoms with Crippen LogP contribution in [0, 0.1) is 11.8 Å². The molecule has 0 spiro atoms. The lowest BCUT2D eigenvalue weighted by atomic mass is 9.72. The average Bonchev–Trinajstić information content (AvgIpc) is 2.82. The Morgan fingerprint density at radius 2 is 1.58 bits per heavy atom. The van der Waals surface area contributed by atoms with Crippen molar-refractivity contribution in [3.63, 3.8) is 0 Å². The molecule has 2 N–H and O–H groups in total. The van der Waals surface area contributed by atoms with E-state index in [4.69, 9.17) is 0 Å². The minimum atomic E-state index is -0.832. The summed E-state index contributed by atoms with van der Waals surface area (Å²) in [6.07, 6.45) is 7.97. The molecule has 2 aliphatic carbocycles. The topological polar surface area (TPSA) is 122 Å². The number of rotatable bonds is 3. The van der Waals surface area contributed by atoms with Crippen LogP contribution < -0.4 is 11.2 Å². The number of benzene rings is 2. The number of H-pyrrole nitrogens is 1.